The molecular weight excluding hydrogens is 438 g/mol. The summed E-state index contributed by atoms with van der Waals surface area (Å²) in [6.45, 7) is 8.24. The lowest BCUT2D eigenvalue weighted by atomic mass is 10.2. The van der Waals surface area contributed by atoms with Gasteiger partial charge in [0.15, 0.2) is 0 Å². The van der Waals surface area contributed by atoms with E-state index in [1.165, 1.54) is 18.4 Å². The number of rotatable bonds is 7. The van der Waals surface area contributed by atoms with E-state index in [-0.39, 0.29) is 17.6 Å². The van der Waals surface area contributed by atoms with E-state index in [1.54, 1.807) is 6.07 Å². The Balaban J connectivity index is 1.90. The van der Waals surface area contributed by atoms with Crippen LogP contribution in [-0.2, 0) is 14.0 Å². The first kappa shape index (κ1) is 23.9. The van der Waals surface area contributed by atoms with Gasteiger partial charge >= 0.3 is 5.97 Å². The van der Waals surface area contributed by atoms with Crippen LogP contribution in [0.15, 0.2) is 66.7 Å². The molecule has 0 bridgehead atoms. The van der Waals surface area contributed by atoms with Crippen molar-refractivity contribution in [1.82, 2.24) is 0 Å². The molecule has 1 aromatic heterocycles. The Hall–Kier alpha value is -2.74. The van der Waals surface area contributed by atoms with E-state index in [1.807, 2.05) is 43.3 Å². The van der Waals surface area contributed by atoms with E-state index in [0.29, 0.717) is 9.88 Å². The zero-order chi connectivity index (χ0) is 23.4. The number of anilines is 1. The molecule has 0 saturated heterocycles. The number of amides is 1. The number of carbonyl (C=O) groups is 2. The lowest BCUT2D eigenvalue weighted by Gasteiger charge is -2.42. The molecular formula is C25H29NO4SSi. The van der Waals surface area contributed by atoms with Crippen molar-refractivity contribution >= 4 is 46.9 Å². The van der Waals surface area contributed by atoms with Gasteiger partial charge in [-0.3, -0.25) is 4.79 Å². The molecule has 0 aliphatic heterocycles. The Kier molecular flexibility index (Phi) is 7.33. The second-order valence-corrected chi connectivity index (χ2v) is 14.0. The third-order valence-corrected chi connectivity index (χ3v) is 11.5. The molecule has 1 amide bonds. The molecule has 0 spiro atoms. The van der Waals surface area contributed by atoms with Crippen molar-refractivity contribution in [2.75, 3.05) is 19.0 Å². The number of hydrogen-bond acceptors (Lipinski definition) is 5. The number of methoxy groups -OCH3 is 1. The normalized spacial score (nSPS) is 11.8. The highest BCUT2D eigenvalue weighted by molar-refractivity contribution is 7.18. The molecule has 5 nitrogen and oxygen atoms in total. The number of ether oxygens (including phenoxy) is 1. The summed E-state index contributed by atoms with van der Waals surface area (Å²) in [4.78, 5) is 25.2. The van der Waals surface area contributed by atoms with Gasteiger partial charge in [0.2, 0.25) is 5.91 Å². The van der Waals surface area contributed by atoms with Gasteiger partial charge in [-0.1, -0.05) is 81.4 Å². The number of hydrogen-bond donors (Lipinski definition) is 1. The van der Waals surface area contributed by atoms with Crippen molar-refractivity contribution in [2.45, 2.75) is 32.7 Å². The van der Waals surface area contributed by atoms with Crippen LogP contribution in [0, 0.1) is 6.92 Å². The molecule has 0 fully saturated rings. The van der Waals surface area contributed by atoms with Crippen molar-refractivity contribution in [2.24, 2.45) is 0 Å². The fourth-order valence-electron chi connectivity index (χ4n) is 3.95. The number of thiophene rings is 1. The first-order valence-corrected chi connectivity index (χ1v) is 13.1. The third-order valence-electron chi connectivity index (χ3n) is 5.39. The van der Waals surface area contributed by atoms with Gasteiger partial charge < -0.3 is 14.5 Å². The zero-order valence-corrected chi connectivity index (χ0v) is 20.9. The maximum atomic E-state index is 12.9. The average Bonchev–Trinajstić information content (AvgIpc) is 3.14. The van der Waals surface area contributed by atoms with Crippen LogP contribution in [0.1, 0.15) is 36.0 Å². The van der Waals surface area contributed by atoms with Crippen molar-refractivity contribution < 1.29 is 18.8 Å². The smallest absolute Gasteiger partial charge is 0.348 e. The number of esters is 1. The highest BCUT2D eigenvalue weighted by atomic mass is 32.1. The lowest BCUT2D eigenvalue weighted by molar-refractivity contribution is -0.118. The van der Waals surface area contributed by atoms with Crippen LogP contribution in [0.5, 0.6) is 0 Å². The van der Waals surface area contributed by atoms with Gasteiger partial charge in [0.05, 0.1) is 12.1 Å². The number of aryl methyl sites for hydroxylation is 1. The molecule has 0 unspecified atom stereocenters. The molecule has 7 heteroatoms. The van der Waals surface area contributed by atoms with Gasteiger partial charge in [-0.25, -0.2) is 4.79 Å². The Morgan fingerprint density at radius 2 is 1.50 bits per heavy atom. The van der Waals surface area contributed by atoms with Crippen LogP contribution in [0.4, 0.5) is 5.00 Å². The third kappa shape index (κ3) is 4.85. The summed E-state index contributed by atoms with van der Waals surface area (Å²) in [5.74, 6) is -0.660. The maximum Gasteiger partial charge on any atom is 0.348 e. The van der Waals surface area contributed by atoms with Crippen molar-refractivity contribution in [3.8, 4) is 0 Å². The van der Waals surface area contributed by atoms with Crippen LogP contribution in [0.3, 0.4) is 0 Å². The molecule has 0 saturated carbocycles. The molecule has 1 heterocycles. The number of carbonyl (C=O) groups excluding carboxylic acids is 2. The van der Waals surface area contributed by atoms with Crippen molar-refractivity contribution in [3.63, 3.8) is 0 Å². The van der Waals surface area contributed by atoms with Gasteiger partial charge in [-0.15, -0.1) is 11.3 Å². The fraction of sp³-hybridized carbons (Fsp3) is 0.280. The number of benzene rings is 2. The van der Waals surface area contributed by atoms with Crippen LogP contribution in [-0.4, -0.2) is 33.9 Å². The topological polar surface area (TPSA) is 64.6 Å². The Bertz CT molecular complexity index is 1030. The lowest BCUT2D eigenvalue weighted by Crippen LogP contribution is -2.67. The quantitative estimate of drug-likeness (QED) is 0.414. The molecule has 0 aliphatic rings. The summed E-state index contributed by atoms with van der Waals surface area (Å²) in [7, 11) is -1.45. The summed E-state index contributed by atoms with van der Waals surface area (Å²) < 4.78 is 11.4. The summed E-state index contributed by atoms with van der Waals surface area (Å²) in [5.41, 5.74) is 0.769. The first-order chi connectivity index (χ1) is 15.2. The van der Waals surface area contributed by atoms with E-state index < -0.39 is 14.3 Å². The predicted molar refractivity (Wildman–Crippen MR) is 133 cm³/mol. The van der Waals surface area contributed by atoms with Crippen molar-refractivity contribution in [3.05, 3.63) is 77.2 Å². The Morgan fingerprint density at radius 3 is 1.97 bits per heavy atom. The predicted octanol–water partition coefficient (Wildman–Crippen LogP) is 4.36. The first-order valence-electron chi connectivity index (χ1n) is 10.4. The molecule has 0 radical (unpaired) electrons. The van der Waals surface area contributed by atoms with Gasteiger partial charge in [0.25, 0.3) is 8.32 Å². The van der Waals surface area contributed by atoms with Gasteiger partial charge in [0.1, 0.15) is 11.5 Å². The largest absolute Gasteiger partial charge is 0.465 e. The summed E-state index contributed by atoms with van der Waals surface area (Å²) in [6.07, 6.45) is 0. The minimum atomic E-state index is -2.79. The average molecular weight is 468 g/mol. The van der Waals surface area contributed by atoms with Crippen LogP contribution >= 0.6 is 11.3 Å². The number of nitrogens with one attached hydrogen (secondary N) is 1. The van der Waals surface area contributed by atoms with E-state index >= 15 is 0 Å². The molecule has 3 rings (SSSR count). The second-order valence-electron chi connectivity index (χ2n) is 8.61. The van der Waals surface area contributed by atoms with E-state index in [2.05, 4.69) is 50.4 Å². The molecule has 2 aromatic carbocycles. The molecule has 0 aliphatic carbocycles. The fourth-order valence-corrected chi connectivity index (χ4v) is 9.46. The van der Waals surface area contributed by atoms with Crippen LogP contribution in [0.25, 0.3) is 0 Å². The van der Waals surface area contributed by atoms with Gasteiger partial charge in [-0.05, 0) is 34.0 Å². The molecule has 168 valence electrons. The summed E-state index contributed by atoms with van der Waals surface area (Å²) in [6, 6.07) is 22.2. The van der Waals surface area contributed by atoms with Crippen molar-refractivity contribution in [1.29, 1.82) is 0 Å². The van der Waals surface area contributed by atoms with Crippen LogP contribution in [0.2, 0.25) is 5.04 Å². The molecule has 1 N–H and O–H groups in total. The highest BCUT2D eigenvalue weighted by Gasteiger charge is 2.50. The van der Waals surface area contributed by atoms with Crippen LogP contribution < -0.4 is 15.7 Å². The Morgan fingerprint density at radius 1 is 0.969 bits per heavy atom. The van der Waals surface area contributed by atoms with E-state index in [0.717, 1.165) is 15.9 Å². The maximum absolute atomic E-state index is 12.9. The summed E-state index contributed by atoms with van der Waals surface area (Å²) >= 11 is 1.20. The van der Waals surface area contributed by atoms with E-state index in [9.17, 15) is 9.59 Å². The SMILES string of the molecule is COC(=O)c1sc(NC(=O)CO[Si](c2ccccc2)(c2ccccc2)C(C)(C)C)cc1C. The second kappa shape index (κ2) is 9.81. The molecule has 32 heavy (non-hydrogen) atoms. The molecule has 3 aromatic rings. The Labute approximate surface area is 194 Å². The minimum Gasteiger partial charge on any atom is -0.465 e. The summed E-state index contributed by atoms with van der Waals surface area (Å²) in [5, 5.41) is 5.49. The van der Waals surface area contributed by atoms with Gasteiger partial charge in [0, 0.05) is 0 Å². The zero-order valence-electron chi connectivity index (χ0n) is 19.1. The monoisotopic (exact) mass is 467 g/mol. The minimum absolute atomic E-state index is 0.0855. The van der Waals surface area contributed by atoms with Gasteiger partial charge in [-0.2, -0.15) is 0 Å². The highest BCUT2D eigenvalue weighted by Crippen LogP contribution is 2.36. The van der Waals surface area contributed by atoms with E-state index in [4.69, 9.17) is 9.16 Å². The standard InChI is InChI=1S/C25H29NO4SSi/c1-18-16-22(31-23(18)24(28)29-5)26-21(27)17-30-32(25(2,3)4,19-12-8-6-9-13-19)20-14-10-7-11-15-20/h6-16H,17H2,1-5H3,(H,26,27). The molecule has 0 atom stereocenters.